The van der Waals surface area contributed by atoms with Crippen molar-refractivity contribution in [3.63, 3.8) is 0 Å². The van der Waals surface area contributed by atoms with Crippen molar-refractivity contribution in [2.24, 2.45) is 0 Å². The molecule has 0 bridgehead atoms. The standard InChI is InChI=1S/C26H24O7/c1-4-31-18-13-19(27)23-22(14-18)33-25(26(30-3)24(23)28)17-10-11-20(29-2)21(12-17)32-15-16-8-6-5-7-9-16/h5-14,27H,4,15H2,1-3H3. The van der Waals surface area contributed by atoms with E-state index in [9.17, 15) is 9.90 Å². The van der Waals surface area contributed by atoms with E-state index in [-0.39, 0.29) is 28.2 Å². The molecule has 33 heavy (non-hydrogen) atoms. The maximum Gasteiger partial charge on any atom is 0.239 e. The van der Waals surface area contributed by atoms with E-state index in [2.05, 4.69) is 0 Å². The summed E-state index contributed by atoms with van der Waals surface area (Å²) in [5.41, 5.74) is 1.24. The van der Waals surface area contributed by atoms with Gasteiger partial charge in [-0.1, -0.05) is 30.3 Å². The Balaban J connectivity index is 1.82. The number of rotatable bonds is 8. The number of benzene rings is 3. The van der Waals surface area contributed by atoms with E-state index in [0.717, 1.165) is 5.56 Å². The Morgan fingerprint density at radius 1 is 0.909 bits per heavy atom. The molecule has 0 atom stereocenters. The molecule has 0 aliphatic carbocycles. The van der Waals surface area contributed by atoms with Gasteiger partial charge < -0.3 is 28.5 Å². The minimum absolute atomic E-state index is 0.0214. The lowest BCUT2D eigenvalue weighted by Crippen LogP contribution is -2.08. The lowest BCUT2D eigenvalue weighted by molar-refractivity contribution is 0.284. The second-order valence-corrected chi connectivity index (χ2v) is 7.18. The number of hydrogen-bond donors (Lipinski definition) is 1. The van der Waals surface area contributed by atoms with E-state index >= 15 is 0 Å². The Bertz CT molecular complexity index is 1330. The summed E-state index contributed by atoms with van der Waals surface area (Å²) < 4.78 is 28.3. The summed E-state index contributed by atoms with van der Waals surface area (Å²) >= 11 is 0. The van der Waals surface area contributed by atoms with E-state index < -0.39 is 5.43 Å². The smallest absolute Gasteiger partial charge is 0.239 e. The van der Waals surface area contributed by atoms with Crippen molar-refractivity contribution in [1.82, 2.24) is 0 Å². The van der Waals surface area contributed by atoms with Crippen LogP contribution in [0.1, 0.15) is 12.5 Å². The Morgan fingerprint density at radius 2 is 1.70 bits per heavy atom. The van der Waals surface area contributed by atoms with Crippen molar-refractivity contribution >= 4 is 11.0 Å². The first-order valence-electron chi connectivity index (χ1n) is 10.4. The lowest BCUT2D eigenvalue weighted by Gasteiger charge is -2.14. The second kappa shape index (κ2) is 9.56. The van der Waals surface area contributed by atoms with Gasteiger partial charge in [-0.15, -0.1) is 0 Å². The molecule has 0 aliphatic heterocycles. The molecule has 0 radical (unpaired) electrons. The third-order valence-electron chi connectivity index (χ3n) is 5.08. The molecule has 0 aliphatic rings. The van der Waals surface area contributed by atoms with Crippen LogP contribution in [0.3, 0.4) is 0 Å². The van der Waals surface area contributed by atoms with Crippen molar-refractivity contribution in [2.45, 2.75) is 13.5 Å². The fraction of sp³-hybridized carbons (Fsp3) is 0.192. The highest BCUT2D eigenvalue weighted by Crippen LogP contribution is 2.39. The van der Waals surface area contributed by atoms with Crippen molar-refractivity contribution in [1.29, 1.82) is 0 Å². The minimum Gasteiger partial charge on any atom is -0.507 e. The van der Waals surface area contributed by atoms with Gasteiger partial charge in [0.1, 0.15) is 29.1 Å². The molecule has 1 heterocycles. The Morgan fingerprint density at radius 3 is 2.39 bits per heavy atom. The molecule has 0 spiro atoms. The molecule has 1 aromatic heterocycles. The van der Waals surface area contributed by atoms with Gasteiger partial charge in [-0.3, -0.25) is 4.79 Å². The maximum atomic E-state index is 13.1. The number of aromatic hydroxyl groups is 1. The van der Waals surface area contributed by atoms with E-state index in [4.69, 9.17) is 23.4 Å². The van der Waals surface area contributed by atoms with Gasteiger partial charge in [0, 0.05) is 17.7 Å². The van der Waals surface area contributed by atoms with Crippen LogP contribution in [0.5, 0.6) is 28.7 Å². The summed E-state index contributed by atoms with van der Waals surface area (Å²) in [4.78, 5) is 13.1. The van der Waals surface area contributed by atoms with Gasteiger partial charge in [-0.25, -0.2) is 0 Å². The van der Waals surface area contributed by atoms with Gasteiger partial charge in [0.25, 0.3) is 0 Å². The normalized spacial score (nSPS) is 10.8. The van der Waals surface area contributed by atoms with Gasteiger partial charge in [0.05, 0.1) is 20.8 Å². The zero-order valence-corrected chi connectivity index (χ0v) is 18.6. The third kappa shape index (κ3) is 4.43. The topological polar surface area (TPSA) is 87.4 Å². The summed E-state index contributed by atoms with van der Waals surface area (Å²) in [6, 6.07) is 17.9. The zero-order chi connectivity index (χ0) is 23.4. The molecule has 0 unspecified atom stereocenters. The molecule has 7 heteroatoms. The molecule has 4 aromatic rings. The fourth-order valence-corrected chi connectivity index (χ4v) is 3.55. The molecule has 0 amide bonds. The van der Waals surface area contributed by atoms with Gasteiger partial charge >= 0.3 is 0 Å². The predicted octanol–water partition coefficient (Wildman–Crippen LogP) is 5.16. The van der Waals surface area contributed by atoms with Crippen molar-refractivity contribution in [3.05, 3.63) is 76.5 Å². The van der Waals surface area contributed by atoms with Gasteiger partial charge in [-0.05, 0) is 30.7 Å². The number of ether oxygens (including phenoxy) is 4. The van der Waals surface area contributed by atoms with Crippen LogP contribution in [0, 0.1) is 0 Å². The molecular formula is C26H24O7. The number of fused-ring (bicyclic) bond motifs is 1. The maximum absolute atomic E-state index is 13.1. The number of methoxy groups -OCH3 is 2. The molecule has 3 aromatic carbocycles. The molecule has 170 valence electrons. The monoisotopic (exact) mass is 448 g/mol. The highest BCUT2D eigenvalue weighted by atomic mass is 16.5. The average molecular weight is 448 g/mol. The average Bonchev–Trinajstić information content (AvgIpc) is 2.83. The van der Waals surface area contributed by atoms with Gasteiger partial charge in [0.15, 0.2) is 17.3 Å². The quantitative estimate of drug-likeness (QED) is 0.398. The molecule has 1 N–H and O–H groups in total. The van der Waals surface area contributed by atoms with Crippen LogP contribution in [0.2, 0.25) is 0 Å². The van der Waals surface area contributed by atoms with Crippen molar-refractivity contribution < 1.29 is 28.5 Å². The van der Waals surface area contributed by atoms with E-state index in [1.165, 1.54) is 13.2 Å². The van der Waals surface area contributed by atoms with Crippen LogP contribution in [0.4, 0.5) is 0 Å². The van der Waals surface area contributed by atoms with Crippen LogP contribution in [-0.4, -0.2) is 25.9 Å². The Kier molecular flexibility index (Phi) is 6.40. The Labute approximate surface area is 190 Å². The fourth-order valence-electron chi connectivity index (χ4n) is 3.55. The number of hydrogen-bond acceptors (Lipinski definition) is 7. The van der Waals surface area contributed by atoms with Gasteiger partial charge in [0.2, 0.25) is 11.2 Å². The molecule has 0 saturated heterocycles. The number of phenolic OH excluding ortho intramolecular Hbond substituents is 1. The lowest BCUT2D eigenvalue weighted by atomic mass is 10.1. The summed E-state index contributed by atoms with van der Waals surface area (Å²) in [6.45, 7) is 2.56. The molecular weight excluding hydrogens is 424 g/mol. The first kappa shape index (κ1) is 22.1. The highest BCUT2D eigenvalue weighted by molar-refractivity contribution is 5.88. The van der Waals surface area contributed by atoms with Crippen LogP contribution in [0.15, 0.2) is 69.9 Å². The van der Waals surface area contributed by atoms with E-state index in [0.29, 0.717) is 36.0 Å². The van der Waals surface area contributed by atoms with Crippen molar-refractivity contribution in [3.8, 4) is 40.1 Å². The van der Waals surface area contributed by atoms with Gasteiger partial charge in [-0.2, -0.15) is 0 Å². The summed E-state index contributed by atoms with van der Waals surface area (Å²) in [6.07, 6.45) is 0. The number of phenols is 1. The van der Waals surface area contributed by atoms with Crippen molar-refractivity contribution in [2.75, 3.05) is 20.8 Å². The summed E-state index contributed by atoms with van der Waals surface area (Å²) in [5.74, 6) is 1.35. The second-order valence-electron chi connectivity index (χ2n) is 7.18. The van der Waals surface area contributed by atoms with Crippen LogP contribution >= 0.6 is 0 Å². The first-order chi connectivity index (χ1) is 16.0. The zero-order valence-electron chi connectivity index (χ0n) is 18.6. The Hall–Kier alpha value is -4.13. The van der Waals surface area contributed by atoms with Crippen LogP contribution in [-0.2, 0) is 6.61 Å². The SMILES string of the molecule is CCOc1cc(O)c2c(=O)c(OC)c(-c3ccc(OC)c(OCc4ccccc4)c3)oc2c1. The first-order valence-corrected chi connectivity index (χ1v) is 10.4. The minimum atomic E-state index is -0.489. The highest BCUT2D eigenvalue weighted by Gasteiger charge is 2.21. The molecule has 7 nitrogen and oxygen atoms in total. The molecule has 0 saturated carbocycles. The molecule has 4 rings (SSSR count). The van der Waals surface area contributed by atoms with Crippen LogP contribution < -0.4 is 24.4 Å². The summed E-state index contributed by atoms with van der Waals surface area (Å²) in [5, 5.41) is 10.4. The molecule has 0 fully saturated rings. The largest absolute Gasteiger partial charge is 0.507 e. The third-order valence-corrected chi connectivity index (χ3v) is 5.08. The summed E-state index contributed by atoms with van der Waals surface area (Å²) in [7, 11) is 2.93. The van der Waals surface area contributed by atoms with Crippen LogP contribution in [0.25, 0.3) is 22.3 Å². The van der Waals surface area contributed by atoms with E-state index in [1.807, 2.05) is 37.3 Å². The van der Waals surface area contributed by atoms with E-state index in [1.54, 1.807) is 31.4 Å². The predicted molar refractivity (Wildman–Crippen MR) is 125 cm³/mol.